The number of nitrogens with zero attached hydrogens (tertiary/aromatic N) is 1. The molecule has 2 N–H and O–H groups in total. The van der Waals surface area contributed by atoms with E-state index in [1.807, 2.05) is 6.07 Å². The van der Waals surface area contributed by atoms with E-state index in [9.17, 15) is 14.4 Å². The predicted octanol–water partition coefficient (Wildman–Crippen LogP) is -0.297. The van der Waals surface area contributed by atoms with Crippen LogP contribution in [0.2, 0.25) is 0 Å². The number of carbonyl (C=O) groups is 3. The van der Waals surface area contributed by atoms with Crippen LogP contribution in [0.15, 0.2) is 24.3 Å². The van der Waals surface area contributed by atoms with Gasteiger partial charge in [-0.3, -0.25) is 19.7 Å². The van der Waals surface area contributed by atoms with Gasteiger partial charge in [0.05, 0.1) is 18.1 Å². The lowest BCUT2D eigenvalue weighted by atomic mass is 10.1. The number of nitriles is 1. The van der Waals surface area contributed by atoms with Crippen molar-refractivity contribution in [3.63, 3.8) is 0 Å². The summed E-state index contributed by atoms with van der Waals surface area (Å²) in [5.41, 5.74) is 0.635. The second-order valence-electron chi connectivity index (χ2n) is 3.84. The van der Waals surface area contributed by atoms with Crippen LogP contribution >= 0.6 is 0 Å². The molecule has 1 fully saturated rings. The van der Waals surface area contributed by atoms with Gasteiger partial charge in [-0.2, -0.15) is 5.26 Å². The first-order valence-electron chi connectivity index (χ1n) is 5.25. The number of hydrogen-bond acceptors (Lipinski definition) is 4. The highest BCUT2D eigenvalue weighted by atomic mass is 16.2. The number of nitrogens with one attached hydrogen (secondary N) is 2. The third-order valence-corrected chi connectivity index (χ3v) is 2.53. The van der Waals surface area contributed by atoms with Crippen LogP contribution in [-0.4, -0.2) is 23.8 Å². The molecule has 1 heterocycles. The highest BCUT2D eigenvalue weighted by Gasteiger charge is 2.31. The normalized spacial score (nSPS) is 18.1. The summed E-state index contributed by atoms with van der Waals surface area (Å²) < 4.78 is 0. The van der Waals surface area contributed by atoms with Gasteiger partial charge in [0.25, 0.3) is 5.91 Å². The number of benzene rings is 1. The average molecular weight is 243 g/mol. The fourth-order valence-electron chi connectivity index (χ4n) is 1.64. The molecule has 1 aliphatic rings. The molecule has 0 aliphatic carbocycles. The average Bonchev–Trinajstić information content (AvgIpc) is 2.68. The highest BCUT2D eigenvalue weighted by molar-refractivity contribution is 6.08. The van der Waals surface area contributed by atoms with Crippen LogP contribution in [0.4, 0.5) is 0 Å². The monoisotopic (exact) mass is 243 g/mol. The molecule has 1 aromatic rings. The first kappa shape index (κ1) is 11.8. The predicted molar refractivity (Wildman–Crippen MR) is 60.2 cm³/mol. The highest BCUT2D eigenvalue weighted by Crippen LogP contribution is 2.07. The Bertz CT molecular complexity index is 574. The molecule has 0 aromatic heterocycles. The molecule has 2 rings (SSSR count). The lowest BCUT2D eigenvalue weighted by Crippen LogP contribution is -2.40. The SMILES string of the molecule is N#Cc1cccc(C(=O)NC2CC(=O)NC2=O)c1. The van der Waals surface area contributed by atoms with E-state index >= 15 is 0 Å². The van der Waals surface area contributed by atoms with E-state index in [2.05, 4.69) is 10.6 Å². The van der Waals surface area contributed by atoms with Crippen LogP contribution in [-0.2, 0) is 9.59 Å². The molecule has 6 heteroatoms. The van der Waals surface area contributed by atoms with Crippen molar-refractivity contribution in [2.24, 2.45) is 0 Å². The van der Waals surface area contributed by atoms with E-state index in [-0.39, 0.29) is 12.0 Å². The van der Waals surface area contributed by atoms with E-state index in [0.29, 0.717) is 5.56 Å². The lowest BCUT2D eigenvalue weighted by Gasteiger charge is -2.09. The Kier molecular flexibility index (Phi) is 3.06. The van der Waals surface area contributed by atoms with Crippen molar-refractivity contribution in [3.8, 4) is 6.07 Å². The number of imide groups is 1. The third-order valence-electron chi connectivity index (χ3n) is 2.53. The van der Waals surface area contributed by atoms with Crippen LogP contribution in [0.25, 0.3) is 0 Å². The minimum Gasteiger partial charge on any atom is -0.340 e. The zero-order chi connectivity index (χ0) is 13.1. The number of hydrogen-bond donors (Lipinski definition) is 2. The van der Waals surface area contributed by atoms with Crippen molar-refractivity contribution in [2.75, 3.05) is 0 Å². The Morgan fingerprint density at radius 3 is 2.83 bits per heavy atom. The van der Waals surface area contributed by atoms with Crippen LogP contribution < -0.4 is 10.6 Å². The zero-order valence-electron chi connectivity index (χ0n) is 9.27. The largest absolute Gasteiger partial charge is 0.340 e. The summed E-state index contributed by atoms with van der Waals surface area (Å²) in [6, 6.07) is 7.18. The Morgan fingerprint density at radius 2 is 2.22 bits per heavy atom. The van der Waals surface area contributed by atoms with Crippen molar-refractivity contribution in [2.45, 2.75) is 12.5 Å². The Balaban J connectivity index is 2.10. The van der Waals surface area contributed by atoms with Crippen LogP contribution in [0, 0.1) is 11.3 Å². The molecule has 0 spiro atoms. The molecule has 18 heavy (non-hydrogen) atoms. The molecule has 6 nitrogen and oxygen atoms in total. The summed E-state index contributed by atoms with van der Waals surface area (Å²) in [5, 5.41) is 13.3. The molecule has 0 radical (unpaired) electrons. The van der Waals surface area contributed by atoms with Gasteiger partial charge in [0.2, 0.25) is 11.8 Å². The van der Waals surface area contributed by atoms with Gasteiger partial charge in [0.1, 0.15) is 6.04 Å². The smallest absolute Gasteiger partial charge is 0.251 e. The van der Waals surface area contributed by atoms with Crippen molar-refractivity contribution in [3.05, 3.63) is 35.4 Å². The maximum Gasteiger partial charge on any atom is 0.251 e. The van der Waals surface area contributed by atoms with E-state index < -0.39 is 23.8 Å². The van der Waals surface area contributed by atoms with Gasteiger partial charge in [-0.15, -0.1) is 0 Å². The number of amides is 3. The van der Waals surface area contributed by atoms with E-state index in [1.54, 1.807) is 12.1 Å². The van der Waals surface area contributed by atoms with Crippen molar-refractivity contribution in [1.82, 2.24) is 10.6 Å². The summed E-state index contributed by atoms with van der Waals surface area (Å²) in [7, 11) is 0. The fourth-order valence-corrected chi connectivity index (χ4v) is 1.64. The van der Waals surface area contributed by atoms with Gasteiger partial charge >= 0.3 is 0 Å². The Morgan fingerprint density at radius 1 is 1.44 bits per heavy atom. The summed E-state index contributed by atoms with van der Waals surface area (Å²) in [6.45, 7) is 0. The van der Waals surface area contributed by atoms with E-state index in [0.717, 1.165) is 0 Å². The molecule has 3 amide bonds. The molecule has 1 aromatic carbocycles. The van der Waals surface area contributed by atoms with Gasteiger partial charge in [0.15, 0.2) is 0 Å². The molecule has 1 saturated heterocycles. The van der Waals surface area contributed by atoms with Gasteiger partial charge < -0.3 is 5.32 Å². The minimum absolute atomic E-state index is 0.0531. The molecular formula is C12H9N3O3. The van der Waals surface area contributed by atoms with Crippen LogP contribution in [0.1, 0.15) is 22.3 Å². The summed E-state index contributed by atoms with van der Waals surface area (Å²) in [6.07, 6.45) is -0.0531. The van der Waals surface area contributed by atoms with Gasteiger partial charge in [-0.1, -0.05) is 6.07 Å². The topological polar surface area (TPSA) is 99.1 Å². The maximum atomic E-state index is 11.8. The van der Waals surface area contributed by atoms with Gasteiger partial charge in [-0.05, 0) is 18.2 Å². The van der Waals surface area contributed by atoms with Crippen LogP contribution in [0.3, 0.4) is 0 Å². The van der Waals surface area contributed by atoms with Crippen molar-refractivity contribution >= 4 is 17.7 Å². The van der Waals surface area contributed by atoms with Gasteiger partial charge in [-0.25, -0.2) is 0 Å². The van der Waals surface area contributed by atoms with Gasteiger partial charge in [0, 0.05) is 5.56 Å². The molecule has 90 valence electrons. The maximum absolute atomic E-state index is 11.8. The first-order valence-corrected chi connectivity index (χ1v) is 5.25. The molecule has 1 atom stereocenters. The molecular weight excluding hydrogens is 234 g/mol. The summed E-state index contributed by atoms with van der Waals surface area (Å²) >= 11 is 0. The first-order chi connectivity index (χ1) is 8.60. The van der Waals surface area contributed by atoms with Crippen molar-refractivity contribution < 1.29 is 14.4 Å². The molecule has 1 unspecified atom stereocenters. The van der Waals surface area contributed by atoms with E-state index in [1.165, 1.54) is 12.1 Å². The van der Waals surface area contributed by atoms with Crippen LogP contribution in [0.5, 0.6) is 0 Å². The molecule has 1 aliphatic heterocycles. The zero-order valence-corrected chi connectivity index (χ0v) is 9.27. The summed E-state index contributed by atoms with van der Waals surface area (Å²) in [5.74, 6) is -1.40. The number of rotatable bonds is 2. The standard InChI is InChI=1S/C12H9N3O3/c13-6-7-2-1-3-8(4-7)11(17)14-9-5-10(16)15-12(9)18/h1-4,9H,5H2,(H,14,17)(H,15,16,18). The third kappa shape index (κ3) is 2.35. The molecule has 0 bridgehead atoms. The number of carbonyl (C=O) groups excluding carboxylic acids is 3. The quantitative estimate of drug-likeness (QED) is 0.697. The lowest BCUT2D eigenvalue weighted by molar-refractivity contribution is -0.125. The second-order valence-corrected chi connectivity index (χ2v) is 3.84. The molecule has 0 saturated carbocycles. The summed E-state index contributed by atoms with van der Waals surface area (Å²) in [4.78, 5) is 34.0. The van der Waals surface area contributed by atoms with E-state index in [4.69, 9.17) is 5.26 Å². The Hall–Kier alpha value is -2.68. The fraction of sp³-hybridized carbons (Fsp3) is 0.167. The van der Waals surface area contributed by atoms with Crippen molar-refractivity contribution in [1.29, 1.82) is 5.26 Å². The minimum atomic E-state index is -0.837. The Labute approximate surface area is 103 Å². The second kappa shape index (κ2) is 4.67.